The van der Waals surface area contributed by atoms with E-state index in [0.717, 1.165) is 6.42 Å². The van der Waals surface area contributed by atoms with Crippen molar-refractivity contribution in [3.05, 3.63) is 12.2 Å². The van der Waals surface area contributed by atoms with E-state index in [4.69, 9.17) is 9.47 Å². The van der Waals surface area contributed by atoms with Gasteiger partial charge >= 0.3 is 23.9 Å². The third-order valence-corrected chi connectivity index (χ3v) is 6.87. The fraction of sp³-hybridized carbons (Fsp3) is 0.739. The minimum atomic E-state index is -1.70. The summed E-state index contributed by atoms with van der Waals surface area (Å²) >= 11 is 0. The largest absolute Gasteiger partial charge is 0.480 e. The number of esters is 2. The van der Waals surface area contributed by atoms with Crippen LogP contribution in [0, 0.1) is 34.5 Å². The second kappa shape index (κ2) is 7.64. The lowest BCUT2D eigenvalue weighted by atomic mass is 9.67. The van der Waals surface area contributed by atoms with Crippen LogP contribution < -0.4 is 0 Å². The summed E-state index contributed by atoms with van der Waals surface area (Å²) in [7, 11) is 0. The van der Waals surface area contributed by atoms with Crippen molar-refractivity contribution < 1.29 is 38.9 Å². The number of ether oxygens (including phenoxy) is 2. The summed E-state index contributed by atoms with van der Waals surface area (Å²) in [5, 5.41) is 18.7. The van der Waals surface area contributed by atoms with E-state index in [0.29, 0.717) is 0 Å². The molecule has 8 heteroatoms. The van der Waals surface area contributed by atoms with Crippen LogP contribution in [0.25, 0.3) is 0 Å². The van der Waals surface area contributed by atoms with Crippen molar-refractivity contribution >= 4 is 23.9 Å². The van der Waals surface area contributed by atoms with Crippen LogP contribution in [-0.4, -0.2) is 45.3 Å². The number of carboxylic acids is 2. The van der Waals surface area contributed by atoms with Crippen molar-refractivity contribution in [1.82, 2.24) is 0 Å². The molecule has 0 aliphatic heterocycles. The van der Waals surface area contributed by atoms with Crippen LogP contribution in [0.15, 0.2) is 12.2 Å². The summed E-state index contributed by atoms with van der Waals surface area (Å²) in [6, 6.07) is 0. The Bertz CT molecular complexity index is 751. The van der Waals surface area contributed by atoms with Crippen molar-refractivity contribution in [3.8, 4) is 0 Å². The van der Waals surface area contributed by atoms with Crippen LogP contribution in [0.5, 0.6) is 0 Å². The molecule has 2 bridgehead atoms. The zero-order valence-corrected chi connectivity index (χ0v) is 19.5. The van der Waals surface area contributed by atoms with Crippen molar-refractivity contribution in [3.63, 3.8) is 0 Å². The standard InChI is InChI=1S/C23H34O8/c1-20(2,16(24)25)18(28)30-22(5,6)14-12-9-10-13(11-12)15(14)23(7,8)31-19(29)21(3,4)17(26)27/h9-10,12-15H,11H2,1-8H3,(H,24,25)(H,26,27). The molecule has 4 unspecified atom stereocenters. The summed E-state index contributed by atoms with van der Waals surface area (Å²) in [5.41, 5.74) is -5.48. The fourth-order valence-corrected chi connectivity index (χ4v) is 4.76. The third-order valence-electron chi connectivity index (χ3n) is 6.87. The molecule has 0 aromatic heterocycles. The van der Waals surface area contributed by atoms with E-state index in [1.54, 1.807) is 27.7 Å². The van der Waals surface area contributed by atoms with Gasteiger partial charge in [0.15, 0.2) is 10.8 Å². The molecule has 0 amide bonds. The van der Waals surface area contributed by atoms with Gasteiger partial charge in [0, 0.05) is 11.8 Å². The summed E-state index contributed by atoms with van der Waals surface area (Å²) in [6.07, 6.45) is 4.91. The van der Waals surface area contributed by atoms with Crippen LogP contribution >= 0.6 is 0 Å². The van der Waals surface area contributed by atoms with Gasteiger partial charge in [-0.1, -0.05) is 12.2 Å². The molecule has 2 aliphatic carbocycles. The van der Waals surface area contributed by atoms with Crippen LogP contribution in [0.3, 0.4) is 0 Å². The van der Waals surface area contributed by atoms with Crippen LogP contribution in [-0.2, 0) is 28.7 Å². The van der Waals surface area contributed by atoms with Crippen molar-refractivity contribution in [2.24, 2.45) is 34.5 Å². The average molecular weight is 439 g/mol. The monoisotopic (exact) mass is 438 g/mol. The number of hydrogen-bond acceptors (Lipinski definition) is 6. The lowest BCUT2D eigenvalue weighted by Gasteiger charge is -2.46. The lowest BCUT2D eigenvalue weighted by Crippen LogP contribution is -2.53. The molecule has 2 rings (SSSR count). The molecule has 8 nitrogen and oxygen atoms in total. The van der Waals surface area contributed by atoms with E-state index < -0.39 is 45.9 Å². The van der Waals surface area contributed by atoms with E-state index in [1.807, 2.05) is 0 Å². The molecule has 0 spiro atoms. The molecule has 2 N–H and O–H groups in total. The van der Waals surface area contributed by atoms with Crippen LogP contribution in [0.2, 0.25) is 0 Å². The van der Waals surface area contributed by atoms with Gasteiger partial charge in [0.1, 0.15) is 11.2 Å². The first-order valence-corrected chi connectivity index (χ1v) is 10.5. The molecule has 1 saturated carbocycles. The van der Waals surface area contributed by atoms with Gasteiger partial charge in [-0.2, -0.15) is 0 Å². The SMILES string of the molecule is CC(C)(C(=O)O)C(=O)OC(C)(C)C1C2C=CC(C2)C1C(C)(C)OC(=O)C(C)(C)C(=O)O. The van der Waals surface area contributed by atoms with Gasteiger partial charge in [-0.25, -0.2) is 0 Å². The van der Waals surface area contributed by atoms with E-state index >= 15 is 0 Å². The second-order valence-corrected chi connectivity index (χ2v) is 10.8. The molecule has 0 heterocycles. The quantitative estimate of drug-likeness (QED) is 0.336. The smallest absolute Gasteiger partial charge is 0.323 e. The first-order chi connectivity index (χ1) is 13.9. The topological polar surface area (TPSA) is 127 Å². The maximum atomic E-state index is 12.7. The number of fused-ring (bicyclic) bond motifs is 2. The Balaban J connectivity index is 2.34. The Kier molecular flexibility index (Phi) is 6.13. The van der Waals surface area contributed by atoms with Gasteiger partial charge in [-0.3, -0.25) is 19.2 Å². The Labute approximate surface area is 183 Å². The molecule has 4 atom stereocenters. The summed E-state index contributed by atoms with van der Waals surface area (Å²) in [5.74, 6) is -4.58. The van der Waals surface area contributed by atoms with Crippen molar-refractivity contribution in [1.29, 1.82) is 0 Å². The Hall–Kier alpha value is -2.38. The van der Waals surface area contributed by atoms with Gasteiger partial charge in [0.25, 0.3) is 0 Å². The average Bonchev–Trinajstić information content (AvgIpc) is 3.22. The number of carbonyl (C=O) groups is 4. The van der Waals surface area contributed by atoms with E-state index in [2.05, 4.69) is 12.2 Å². The molecule has 0 saturated heterocycles. The predicted octanol–water partition coefficient (Wildman–Crippen LogP) is 3.29. The van der Waals surface area contributed by atoms with Gasteiger partial charge in [-0.15, -0.1) is 0 Å². The summed E-state index contributed by atoms with van der Waals surface area (Å²) < 4.78 is 11.5. The highest BCUT2D eigenvalue weighted by atomic mass is 16.6. The minimum absolute atomic E-state index is 0.0659. The normalized spacial score (nSPS) is 25.9. The fourth-order valence-electron chi connectivity index (χ4n) is 4.76. The number of allylic oxidation sites excluding steroid dienone is 2. The maximum absolute atomic E-state index is 12.7. The van der Waals surface area contributed by atoms with Gasteiger partial charge < -0.3 is 19.7 Å². The number of carbonyl (C=O) groups excluding carboxylic acids is 2. The van der Waals surface area contributed by atoms with E-state index in [9.17, 15) is 29.4 Å². The number of rotatable bonds is 8. The van der Waals surface area contributed by atoms with E-state index in [-0.39, 0.29) is 23.7 Å². The Morgan fingerprint density at radius 3 is 1.23 bits per heavy atom. The number of carboxylic acid groups (broad SMARTS) is 2. The maximum Gasteiger partial charge on any atom is 0.323 e. The predicted molar refractivity (Wildman–Crippen MR) is 111 cm³/mol. The van der Waals surface area contributed by atoms with Crippen LogP contribution in [0.4, 0.5) is 0 Å². The lowest BCUT2D eigenvalue weighted by molar-refractivity contribution is -0.195. The van der Waals surface area contributed by atoms with Gasteiger partial charge in [-0.05, 0) is 73.6 Å². The molecule has 31 heavy (non-hydrogen) atoms. The van der Waals surface area contributed by atoms with Crippen molar-refractivity contribution in [2.75, 3.05) is 0 Å². The molecule has 174 valence electrons. The van der Waals surface area contributed by atoms with Crippen LogP contribution in [0.1, 0.15) is 61.8 Å². The second-order valence-electron chi connectivity index (χ2n) is 10.8. The minimum Gasteiger partial charge on any atom is -0.480 e. The van der Waals surface area contributed by atoms with Gasteiger partial charge in [0.05, 0.1) is 0 Å². The number of aliphatic carboxylic acids is 2. The highest BCUT2D eigenvalue weighted by Gasteiger charge is 2.59. The molecular weight excluding hydrogens is 404 g/mol. The molecule has 0 aromatic carbocycles. The third kappa shape index (κ3) is 4.34. The highest BCUT2D eigenvalue weighted by molar-refractivity contribution is 5.98. The molecule has 1 fully saturated rings. The molecule has 0 aromatic rings. The van der Waals surface area contributed by atoms with E-state index in [1.165, 1.54) is 27.7 Å². The first-order valence-electron chi connectivity index (χ1n) is 10.5. The molecule has 0 radical (unpaired) electrons. The first kappa shape index (κ1) is 24.9. The van der Waals surface area contributed by atoms with Crippen molar-refractivity contribution in [2.45, 2.75) is 73.0 Å². The summed E-state index contributed by atoms with van der Waals surface area (Å²) in [4.78, 5) is 48.3. The highest BCUT2D eigenvalue weighted by Crippen LogP contribution is 2.57. The molecular formula is C23H34O8. The van der Waals surface area contributed by atoms with Gasteiger partial charge in [0.2, 0.25) is 0 Å². The Morgan fingerprint density at radius 1 is 0.677 bits per heavy atom. The molecule has 2 aliphatic rings. The zero-order chi connectivity index (χ0) is 24.2. The summed E-state index contributed by atoms with van der Waals surface area (Å²) in [6.45, 7) is 12.2. The number of hydrogen-bond donors (Lipinski definition) is 2. The zero-order valence-electron chi connectivity index (χ0n) is 19.5. The Morgan fingerprint density at radius 2 is 0.968 bits per heavy atom.